The molecule has 0 saturated heterocycles. The highest BCUT2D eigenvalue weighted by molar-refractivity contribution is 6.39. The molecule has 3 aromatic rings. The third kappa shape index (κ3) is 3.57. The van der Waals surface area contributed by atoms with Crippen molar-refractivity contribution in [2.75, 3.05) is 5.32 Å². The van der Waals surface area contributed by atoms with Crippen LogP contribution in [0.15, 0.2) is 48.7 Å². The Morgan fingerprint density at radius 3 is 2.56 bits per heavy atom. The fraction of sp³-hybridized carbons (Fsp3) is 0.200. The van der Waals surface area contributed by atoms with Gasteiger partial charge in [-0.3, -0.25) is 4.79 Å². The van der Waals surface area contributed by atoms with E-state index in [0.29, 0.717) is 15.7 Å². The predicted molar refractivity (Wildman–Crippen MR) is 103 cm³/mol. The highest BCUT2D eigenvalue weighted by atomic mass is 35.5. The van der Waals surface area contributed by atoms with E-state index in [4.69, 9.17) is 23.2 Å². The zero-order valence-electron chi connectivity index (χ0n) is 14.4. The van der Waals surface area contributed by atoms with Gasteiger partial charge < -0.3 is 5.32 Å². The molecule has 2 heterocycles. The van der Waals surface area contributed by atoms with Crippen LogP contribution in [0.1, 0.15) is 12.2 Å². The average Bonchev–Trinajstić information content (AvgIpc) is 3.23. The van der Waals surface area contributed by atoms with Crippen LogP contribution in [0.3, 0.4) is 0 Å². The van der Waals surface area contributed by atoms with E-state index in [1.807, 2.05) is 10.8 Å². The number of aromatic nitrogens is 2. The number of nitrogens with one attached hydrogen (secondary N) is 1. The van der Waals surface area contributed by atoms with E-state index >= 15 is 0 Å². The van der Waals surface area contributed by atoms with Crippen LogP contribution in [-0.2, 0) is 24.3 Å². The number of halogens is 3. The van der Waals surface area contributed by atoms with Crippen molar-refractivity contribution in [1.82, 2.24) is 4.57 Å². The molecule has 0 unspecified atom stereocenters. The molecule has 0 radical (unpaired) electrons. The van der Waals surface area contributed by atoms with Gasteiger partial charge in [-0.25, -0.2) is 13.5 Å². The second kappa shape index (κ2) is 7.33. The Bertz CT molecular complexity index is 995. The van der Waals surface area contributed by atoms with E-state index in [2.05, 4.69) is 9.88 Å². The Balaban J connectivity index is 1.60. The van der Waals surface area contributed by atoms with Crippen LogP contribution in [0.4, 0.5) is 10.1 Å². The Kier molecular flexibility index (Phi) is 4.89. The van der Waals surface area contributed by atoms with E-state index in [0.717, 1.165) is 36.5 Å². The summed E-state index contributed by atoms with van der Waals surface area (Å²) in [6.07, 6.45) is 3.85. The second-order valence-electron chi connectivity index (χ2n) is 6.47. The molecule has 4 nitrogen and oxygen atoms in total. The van der Waals surface area contributed by atoms with E-state index in [-0.39, 0.29) is 18.3 Å². The molecule has 1 amide bonds. The number of imidazole rings is 1. The van der Waals surface area contributed by atoms with Gasteiger partial charge in [0, 0.05) is 5.56 Å². The molecular weight excluding hydrogens is 388 g/mol. The van der Waals surface area contributed by atoms with Gasteiger partial charge in [-0.2, -0.15) is 0 Å². The fourth-order valence-electron chi connectivity index (χ4n) is 3.45. The molecule has 1 N–H and O–H groups in total. The summed E-state index contributed by atoms with van der Waals surface area (Å²) < 4.78 is 17.4. The first-order valence-electron chi connectivity index (χ1n) is 8.64. The smallest absolute Gasteiger partial charge is 0.266 e. The zero-order chi connectivity index (χ0) is 19.0. The minimum absolute atomic E-state index is 0.151. The average molecular weight is 405 g/mol. The molecule has 7 heteroatoms. The molecule has 1 aromatic heterocycles. The minimum atomic E-state index is -0.268. The first-order chi connectivity index (χ1) is 13.0. The second-order valence-corrected chi connectivity index (χ2v) is 7.28. The Hall–Kier alpha value is -2.37. The van der Waals surface area contributed by atoms with Crippen molar-refractivity contribution in [3.63, 3.8) is 0 Å². The SMILES string of the molecule is O=C(C[n+]1cc(-c2ccc(F)cc2)n2c1CCC2)Nc1c(Cl)cccc1Cl. The maximum Gasteiger partial charge on any atom is 0.266 e. The van der Waals surface area contributed by atoms with Crippen molar-refractivity contribution in [3.05, 3.63) is 70.3 Å². The van der Waals surface area contributed by atoms with Crippen molar-refractivity contribution in [2.24, 2.45) is 0 Å². The molecule has 0 saturated carbocycles. The van der Waals surface area contributed by atoms with Gasteiger partial charge in [-0.15, -0.1) is 0 Å². The molecule has 1 aliphatic heterocycles. The lowest BCUT2D eigenvalue weighted by Crippen LogP contribution is -2.42. The summed E-state index contributed by atoms with van der Waals surface area (Å²) in [6, 6.07) is 11.5. The normalized spacial score (nSPS) is 12.9. The quantitative estimate of drug-likeness (QED) is 0.639. The molecular formula is C20H17Cl2FN3O+. The highest BCUT2D eigenvalue weighted by Gasteiger charge is 2.29. The van der Waals surface area contributed by atoms with E-state index in [9.17, 15) is 9.18 Å². The molecule has 0 spiro atoms. The van der Waals surface area contributed by atoms with Crippen molar-refractivity contribution >= 4 is 34.8 Å². The lowest BCUT2D eigenvalue weighted by atomic mass is 10.1. The number of rotatable bonds is 4. The standard InChI is InChI=1S/C20H16Cl2FN3O/c21-15-3-1-4-16(22)20(15)24-18(27)12-25-11-17(26-10-2-5-19(25)26)13-6-8-14(23)9-7-13/h1,3-4,6-9,11H,2,5,10,12H2/p+1. The molecule has 0 aliphatic carbocycles. The first-order valence-corrected chi connectivity index (χ1v) is 9.40. The maximum absolute atomic E-state index is 13.2. The predicted octanol–water partition coefficient (Wildman–Crippen LogP) is 4.47. The number of para-hydroxylation sites is 1. The van der Waals surface area contributed by atoms with Crippen LogP contribution in [-0.4, -0.2) is 10.5 Å². The van der Waals surface area contributed by atoms with Crippen molar-refractivity contribution in [1.29, 1.82) is 0 Å². The summed E-state index contributed by atoms with van der Waals surface area (Å²) in [7, 11) is 0. The largest absolute Gasteiger partial charge is 0.320 e. The summed E-state index contributed by atoms with van der Waals surface area (Å²) in [5, 5.41) is 3.59. The van der Waals surface area contributed by atoms with Gasteiger partial charge in [0.25, 0.3) is 11.7 Å². The number of fused-ring (bicyclic) bond motifs is 1. The van der Waals surface area contributed by atoms with Crippen LogP contribution in [0.5, 0.6) is 0 Å². The Morgan fingerprint density at radius 2 is 1.85 bits per heavy atom. The Labute approximate surface area is 166 Å². The molecule has 138 valence electrons. The topological polar surface area (TPSA) is 37.9 Å². The minimum Gasteiger partial charge on any atom is -0.320 e. The molecule has 0 atom stereocenters. The lowest BCUT2D eigenvalue weighted by Gasteiger charge is -2.08. The number of hydrogen-bond donors (Lipinski definition) is 1. The van der Waals surface area contributed by atoms with Crippen LogP contribution in [0.2, 0.25) is 10.0 Å². The summed E-state index contributed by atoms with van der Waals surface area (Å²) in [5.41, 5.74) is 2.32. The molecule has 1 aliphatic rings. The van der Waals surface area contributed by atoms with Crippen LogP contribution in [0, 0.1) is 5.82 Å². The fourth-order valence-corrected chi connectivity index (χ4v) is 3.94. The molecule has 0 bridgehead atoms. The number of anilines is 1. The van der Waals surface area contributed by atoms with Crippen molar-refractivity contribution < 1.29 is 13.8 Å². The van der Waals surface area contributed by atoms with Gasteiger partial charge in [0.15, 0.2) is 12.2 Å². The third-order valence-electron chi connectivity index (χ3n) is 4.68. The number of benzene rings is 2. The van der Waals surface area contributed by atoms with E-state index in [1.54, 1.807) is 30.3 Å². The Morgan fingerprint density at radius 1 is 1.15 bits per heavy atom. The number of hydrogen-bond acceptors (Lipinski definition) is 1. The van der Waals surface area contributed by atoms with E-state index in [1.165, 1.54) is 12.1 Å². The van der Waals surface area contributed by atoms with Crippen LogP contribution < -0.4 is 9.88 Å². The van der Waals surface area contributed by atoms with Gasteiger partial charge in [0.05, 0.1) is 28.7 Å². The summed E-state index contributed by atoms with van der Waals surface area (Å²) in [6.45, 7) is 1.03. The number of carbonyl (C=O) groups excluding carboxylic acids is 1. The first kappa shape index (κ1) is 18.0. The molecule has 0 fully saturated rings. The van der Waals surface area contributed by atoms with Gasteiger partial charge in [-0.05, 0) is 42.8 Å². The van der Waals surface area contributed by atoms with Crippen molar-refractivity contribution in [3.8, 4) is 11.3 Å². The van der Waals surface area contributed by atoms with Gasteiger partial charge in [0.2, 0.25) is 0 Å². The number of carbonyl (C=O) groups is 1. The van der Waals surface area contributed by atoms with Gasteiger partial charge in [0.1, 0.15) is 12.0 Å². The number of nitrogens with zero attached hydrogens (tertiary/aromatic N) is 2. The highest BCUT2D eigenvalue weighted by Crippen LogP contribution is 2.30. The summed E-state index contributed by atoms with van der Waals surface area (Å²) >= 11 is 12.3. The van der Waals surface area contributed by atoms with Gasteiger partial charge >= 0.3 is 0 Å². The van der Waals surface area contributed by atoms with Crippen molar-refractivity contribution in [2.45, 2.75) is 25.9 Å². The van der Waals surface area contributed by atoms with Crippen LogP contribution in [0.25, 0.3) is 11.3 Å². The summed E-state index contributed by atoms with van der Waals surface area (Å²) in [4.78, 5) is 12.6. The molecule has 27 heavy (non-hydrogen) atoms. The summed E-state index contributed by atoms with van der Waals surface area (Å²) in [5.74, 6) is 0.603. The molecule has 2 aromatic carbocycles. The molecule has 4 rings (SSSR count). The lowest BCUT2D eigenvalue weighted by molar-refractivity contribution is -0.690. The van der Waals surface area contributed by atoms with Gasteiger partial charge in [-0.1, -0.05) is 29.3 Å². The maximum atomic E-state index is 13.2. The van der Waals surface area contributed by atoms with E-state index < -0.39 is 0 Å². The monoisotopic (exact) mass is 404 g/mol. The van der Waals surface area contributed by atoms with Crippen LogP contribution >= 0.6 is 23.2 Å². The zero-order valence-corrected chi connectivity index (χ0v) is 15.9. The third-order valence-corrected chi connectivity index (χ3v) is 5.31. The number of amides is 1.